The van der Waals surface area contributed by atoms with Gasteiger partial charge in [0.2, 0.25) is 5.95 Å². The van der Waals surface area contributed by atoms with Crippen molar-refractivity contribution in [1.82, 2.24) is 14.8 Å². The molecule has 30 heavy (non-hydrogen) atoms. The van der Waals surface area contributed by atoms with Gasteiger partial charge in [0.15, 0.2) is 0 Å². The van der Waals surface area contributed by atoms with E-state index in [-0.39, 0.29) is 12.1 Å². The van der Waals surface area contributed by atoms with Gasteiger partial charge in [0.05, 0.1) is 5.70 Å². The monoisotopic (exact) mass is 456 g/mol. The molecule has 6 heteroatoms. The van der Waals surface area contributed by atoms with Gasteiger partial charge in [-0.2, -0.15) is 10.1 Å². The van der Waals surface area contributed by atoms with Crippen molar-refractivity contribution >= 4 is 27.6 Å². The molecule has 0 amide bonds. The lowest BCUT2D eigenvalue weighted by Crippen LogP contribution is -2.32. The van der Waals surface area contributed by atoms with Crippen molar-refractivity contribution in [2.24, 2.45) is 0 Å². The van der Waals surface area contributed by atoms with E-state index in [1.54, 1.807) is 6.33 Å². The largest absolute Gasteiger partial charge is 0.480 e. The Morgan fingerprint density at radius 1 is 0.867 bits per heavy atom. The SMILES string of the molecule is Brc1ccc([C@@H]2Oc3ccccc3C3=C2[C@H](c2ccccc2)n2ncnc2N3)cc1. The highest BCUT2D eigenvalue weighted by molar-refractivity contribution is 9.10. The zero-order chi connectivity index (χ0) is 20.1. The second-order valence-corrected chi connectivity index (χ2v) is 8.26. The number of ether oxygens (including phenoxy) is 1. The van der Waals surface area contributed by atoms with Crippen molar-refractivity contribution in [3.05, 3.63) is 112 Å². The predicted octanol–water partition coefficient (Wildman–Crippen LogP) is 5.60. The van der Waals surface area contributed by atoms with Crippen LogP contribution in [0.4, 0.5) is 5.95 Å². The van der Waals surface area contributed by atoms with Crippen LogP contribution in [-0.2, 0) is 0 Å². The molecule has 3 heterocycles. The number of halogens is 1. The van der Waals surface area contributed by atoms with Gasteiger partial charge in [-0.3, -0.25) is 0 Å². The van der Waals surface area contributed by atoms with Crippen LogP contribution in [0.2, 0.25) is 0 Å². The highest BCUT2D eigenvalue weighted by Crippen LogP contribution is 2.50. The molecule has 0 saturated carbocycles. The van der Waals surface area contributed by atoms with Crippen molar-refractivity contribution in [2.75, 3.05) is 5.32 Å². The normalized spacial score (nSPS) is 19.2. The van der Waals surface area contributed by atoms with E-state index >= 15 is 0 Å². The summed E-state index contributed by atoms with van der Waals surface area (Å²) in [5.41, 5.74) is 5.44. The second-order valence-electron chi connectivity index (χ2n) is 7.34. The summed E-state index contributed by atoms with van der Waals surface area (Å²) in [6, 6.07) is 26.7. The molecule has 0 saturated heterocycles. The fraction of sp³-hybridized carbons (Fsp3) is 0.0833. The van der Waals surface area contributed by atoms with E-state index in [2.05, 4.69) is 73.8 Å². The summed E-state index contributed by atoms with van der Waals surface area (Å²) in [7, 11) is 0. The Hall–Kier alpha value is -3.38. The zero-order valence-corrected chi connectivity index (χ0v) is 17.5. The maximum absolute atomic E-state index is 6.60. The first-order valence-electron chi connectivity index (χ1n) is 9.76. The van der Waals surface area contributed by atoms with E-state index in [0.717, 1.165) is 44.1 Å². The van der Waals surface area contributed by atoms with Gasteiger partial charge in [-0.1, -0.05) is 70.5 Å². The van der Waals surface area contributed by atoms with E-state index in [0.29, 0.717) is 0 Å². The van der Waals surface area contributed by atoms with Crippen molar-refractivity contribution in [1.29, 1.82) is 0 Å². The van der Waals surface area contributed by atoms with Crippen LogP contribution in [0.15, 0.2) is 95.2 Å². The summed E-state index contributed by atoms with van der Waals surface area (Å²) < 4.78 is 9.58. The van der Waals surface area contributed by atoms with E-state index < -0.39 is 0 Å². The van der Waals surface area contributed by atoms with E-state index in [1.165, 1.54) is 0 Å². The van der Waals surface area contributed by atoms with Gasteiger partial charge in [0.25, 0.3) is 0 Å². The number of nitrogens with zero attached hydrogens (tertiary/aromatic N) is 3. The highest BCUT2D eigenvalue weighted by Gasteiger charge is 2.40. The first-order chi connectivity index (χ1) is 14.8. The predicted molar refractivity (Wildman–Crippen MR) is 119 cm³/mol. The number of hydrogen-bond acceptors (Lipinski definition) is 4. The quantitative estimate of drug-likeness (QED) is 0.426. The smallest absolute Gasteiger partial charge is 0.226 e. The molecular formula is C24H17BrN4O. The third-order valence-electron chi connectivity index (χ3n) is 5.61. The summed E-state index contributed by atoms with van der Waals surface area (Å²) in [5, 5.41) is 8.08. The molecule has 0 fully saturated rings. The molecule has 2 aliphatic heterocycles. The van der Waals surface area contributed by atoms with Gasteiger partial charge in [0.1, 0.15) is 24.2 Å². The summed E-state index contributed by atoms with van der Waals surface area (Å²) in [4.78, 5) is 4.47. The molecule has 0 aliphatic carbocycles. The number of nitrogens with one attached hydrogen (secondary N) is 1. The first-order valence-corrected chi connectivity index (χ1v) is 10.6. The minimum atomic E-state index is -0.252. The number of benzene rings is 3. The van der Waals surface area contributed by atoms with Crippen molar-refractivity contribution in [3.63, 3.8) is 0 Å². The molecule has 2 aliphatic rings. The zero-order valence-electron chi connectivity index (χ0n) is 15.9. The Bertz CT molecular complexity index is 1260. The lowest BCUT2D eigenvalue weighted by Gasteiger charge is -2.39. The molecule has 5 nitrogen and oxygen atoms in total. The number of aromatic nitrogens is 3. The fourth-order valence-corrected chi connectivity index (χ4v) is 4.55. The second kappa shape index (κ2) is 6.85. The Morgan fingerprint density at radius 3 is 2.47 bits per heavy atom. The van der Waals surface area contributed by atoms with Crippen LogP contribution in [0.1, 0.15) is 28.8 Å². The van der Waals surface area contributed by atoms with E-state index in [4.69, 9.17) is 4.74 Å². The average molecular weight is 457 g/mol. The van der Waals surface area contributed by atoms with Gasteiger partial charge in [0, 0.05) is 15.6 Å². The number of anilines is 1. The molecule has 0 radical (unpaired) electrons. The summed E-state index contributed by atoms with van der Waals surface area (Å²) in [6.07, 6.45) is 1.34. The van der Waals surface area contributed by atoms with Crippen LogP contribution in [0.25, 0.3) is 5.70 Å². The minimum Gasteiger partial charge on any atom is -0.480 e. The summed E-state index contributed by atoms with van der Waals surface area (Å²) >= 11 is 3.54. The Kier molecular flexibility index (Phi) is 3.99. The van der Waals surface area contributed by atoms with Crippen LogP contribution in [0, 0.1) is 0 Å². The fourth-order valence-electron chi connectivity index (χ4n) is 4.29. The number of fused-ring (bicyclic) bond motifs is 3. The van der Waals surface area contributed by atoms with E-state index in [1.807, 2.05) is 41.1 Å². The maximum atomic E-state index is 6.60. The van der Waals surface area contributed by atoms with E-state index in [9.17, 15) is 0 Å². The molecule has 146 valence electrons. The van der Waals surface area contributed by atoms with Gasteiger partial charge in [-0.15, -0.1) is 0 Å². The summed E-state index contributed by atoms with van der Waals surface area (Å²) in [6.45, 7) is 0. The Labute approximate surface area is 182 Å². The van der Waals surface area contributed by atoms with Crippen molar-refractivity contribution < 1.29 is 4.74 Å². The molecule has 4 aromatic rings. The van der Waals surface area contributed by atoms with Gasteiger partial charge in [-0.05, 0) is 35.4 Å². The van der Waals surface area contributed by atoms with Crippen LogP contribution < -0.4 is 10.1 Å². The lowest BCUT2D eigenvalue weighted by molar-refractivity contribution is 0.223. The molecule has 0 unspecified atom stereocenters. The number of rotatable bonds is 2. The first kappa shape index (κ1) is 17.5. The van der Waals surface area contributed by atoms with Crippen LogP contribution in [-0.4, -0.2) is 14.8 Å². The molecule has 1 aromatic heterocycles. The minimum absolute atomic E-state index is 0.123. The number of para-hydroxylation sites is 1. The molecule has 0 bridgehead atoms. The number of hydrogen-bond donors (Lipinski definition) is 1. The van der Waals surface area contributed by atoms with Crippen LogP contribution in [0.3, 0.4) is 0 Å². The topological polar surface area (TPSA) is 52.0 Å². The molecule has 0 spiro atoms. The van der Waals surface area contributed by atoms with Crippen molar-refractivity contribution in [2.45, 2.75) is 12.1 Å². The van der Waals surface area contributed by atoms with Crippen LogP contribution in [0.5, 0.6) is 5.75 Å². The molecular weight excluding hydrogens is 440 g/mol. The summed E-state index contributed by atoms with van der Waals surface area (Å²) in [5.74, 6) is 1.59. The Balaban J connectivity index is 1.63. The average Bonchev–Trinajstić information content (AvgIpc) is 3.26. The molecule has 6 rings (SSSR count). The standard InChI is InChI=1S/C24H17BrN4O/c25-17-12-10-16(11-13-17)23-20-21(18-8-4-5-9-19(18)30-23)28-24-26-14-27-29(24)22(20)15-6-2-1-3-7-15/h1-14,22-23H,(H,26,27,28)/t22-,23-/m0/s1. The van der Waals surface area contributed by atoms with Gasteiger partial charge < -0.3 is 10.1 Å². The van der Waals surface area contributed by atoms with Gasteiger partial charge in [-0.25, -0.2) is 4.68 Å². The third kappa shape index (κ3) is 2.68. The van der Waals surface area contributed by atoms with Crippen molar-refractivity contribution in [3.8, 4) is 5.75 Å². The lowest BCUT2D eigenvalue weighted by atomic mass is 9.85. The maximum Gasteiger partial charge on any atom is 0.226 e. The molecule has 1 N–H and O–H groups in total. The van der Waals surface area contributed by atoms with Gasteiger partial charge >= 0.3 is 0 Å². The highest BCUT2D eigenvalue weighted by atomic mass is 79.9. The third-order valence-corrected chi connectivity index (χ3v) is 6.14. The molecule has 2 atom stereocenters. The molecule has 3 aromatic carbocycles. The Morgan fingerprint density at radius 2 is 1.63 bits per heavy atom. The van der Waals surface area contributed by atoms with Crippen LogP contribution >= 0.6 is 15.9 Å².